The average molecular weight is 269 g/mol. The Morgan fingerprint density at radius 1 is 0.850 bits per heavy atom. The summed E-state index contributed by atoms with van der Waals surface area (Å²) in [6.07, 6.45) is 1.87. The fraction of sp³-hybridized carbons (Fsp3) is 0.267. The van der Waals surface area contributed by atoms with Crippen LogP contribution >= 0.6 is 0 Å². The Hall–Kier alpha value is -2.27. The van der Waals surface area contributed by atoms with E-state index < -0.39 is 0 Å². The fourth-order valence-electron chi connectivity index (χ4n) is 2.52. The average Bonchev–Trinajstić information content (AvgIpc) is 2.56. The normalized spacial score (nSPS) is 15.2. The zero-order chi connectivity index (χ0) is 13.8. The third-order valence-electron chi connectivity index (χ3n) is 3.66. The van der Waals surface area contributed by atoms with Gasteiger partial charge in [-0.3, -0.25) is 0 Å². The van der Waals surface area contributed by atoms with Crippen LogP contribution in [0.3, 0.4) is 0 Å². The van der Waals surface area contributed by atoms with Crippen molar-refractivity contribution < 1.29 is 0 Å². The topological polar surface area (TPSA) is 57.4 Å². The van der Waals surface area contributed by atoms with Crippen molar-refractivity contribution in [2.75, 3.05) is 41.4 Å². The minimum atomic E-state index is 0.691. The van der Waals surface area contributed by atoms with E-state index in [-0.39, 0.29) is 0 Å². The van der Waals surface area contributed by atoms with Gasteiger partial charge in [-0.2, -0.15) is 0 Å². The van der Waals surface area contributed by atoms with E-state index in [0.29, 0.717) is 5.82 Å². The summed E-state index contributed by atoms with van der Waals surface area (Å²) in [6.45, 7) is 4.07. The summed E-state index contributed by atoms with van der Waals surface area (Å²) in [7, 11) is 0. The summed E-state index contributed by atoms with van der Waals surface area (Å²) in [5, 5.41) is 0. The van der Waals surface area contributed by atoms with Gasteiger partial charge in [-0.1, -0.05) is 18.2 Å². The quantitative estimate of drug-likeness (QED) is 0.656. The van der Waals surface area contributed by atoms with Crippen LogP contribution in [0.15, 0.2) is 48.7 Å². The lowest BCUT2D eigenvalue weighted by Gasteiger charge is -2.37. The molecular weight excluding hydrogens is 250 g/mol. The van der Waals surface area contributed by atoms with E-state index in [1.54, 1.807) is 0 Å². The minimum Gasteiger partial charge on any atom is -0.368 e. The number of nitrogens with two attached hydrogens (primary N) is 1. The molecular formula is C15H19N5. The molecule has 1 fully saturated rings. The van der Waals surface area contributed by atoms with Gasteiger partial charge in [0, 0.05) is 31.9 Å². The van der Waals surface area contributed by atoms with Gasteiger partial charge in [0.05, 0.1) is 11.9 Å². The van der Waals surface area contributed by atoms with Crippen molar-refractivity contribution in [3.05, 3.63) is 48.7 Å². The van der Waals surface area contributed by atoms with Crippen LogP contribution in [0.4, 0.5) is 17.2 Å². The second-order valence-corrected chi connectivity index (χ2v) is 4.86. The van der Waals surface area contributed by atoms with Gasteiger partial charge in [0.2, 0.25) is 0 Å². The maximum absolute atomic E-state index is 5.33. The van der Waals surface area contributed by atoms with Crippen LogP contribution in [-0.4, -0.2) is 31.2 Å². The number of benzene rings is 1. The molecule has 1 aliphatic rings. The van der Waals surface area contributed by atoms with Crippen molar-refractivity contribution in [1.82, 2.24) is 4.98 Å². The molecule has 5 heteroatoms. The molecule has 104 valence electrons. The highest BCUT2D eigenvalue weighted by Gasteiger charge is 2.17. The number of nitrogen functional groups attached to an aromatic ring is 1. The Morgan fingerprint density at radius 3 is 2.05 bits per heavy atom. The number of para-hydroxylation sites is 1. The summed E-state index contributed by atoms with van der Waals surface area (Å²) in [5.41, 5.74) is 5.00. The molecule has 1 aliphatic heterocycles. The van der Waals surface area contributed by atoms with E-state index in [1.807, 2.05) is 12.3 Å². The minimum absolute atomic E-state index is 0.691. The summed E-state index contributed by atoms with van der Waals surface area (Å²) >= 11 is 0. The number of hydrazine groups is 1. The molecule has 0 unspecified atom stereocenters. The lowest BCUT2D eigenvalue weighted by molar-refractivity contribution is 0.653. The number of hydrogen-bond donors (Lipinski definition) is 2. The smallest absolute Gasteiger partial charge is 0.140 e. The van der Waals surface area contributed by atoms with Crippen molar-refractivity contribution in [3.8, 4) is 0 Å². The number of anilines is 3. The number of hydrogen-bond acceptors (Lipinski definition) is 5. The summed E-state index contributed by atoms with van der Waals surface area (Å²) in [4.78, 5) is 9.03. The summed E-state index contributed by atoms with van der Waals surface area (Å²) < 4.78 is 0. The highest BCUT2D eigenvalue weighted by molar-refractivity contribution is 5.52. The number of nitrogens with one attached hydrogen (secondary N) is 1. The predicted octanol–water partition coefficient (Wildman–Crippen LogP) is 1.69. The standard InChI is InChI=1S/C15H19N5/c16-18-15-7-6-14(12-17-15)20-10-8-19(9-11-20)13-4-2-1-3-5-13/h1-7,12H,8-11,16H2,(H,17,18). The maximum Gasteiger partial charge on any atom is 0.140 e. The molecule has 0 spiro atoms. The molecule has 20 heavy (non-hydrogen) atoms. The SMILES string of the molecule is NNc1ccc(N2CCN(c3ccccc3)CC2)cn1. The molecule has 3 N–H and O–H groups in total. The van der Waals surface area contributed by atoms with Crippen LogP contribution in [-0.2, 0) is 0 Å². The molecule has 0 saturated carbocycles. The summed E-state index contributed by atoms with van der Waals surface area (Å²) in [6, 6.07) is 14.5. The van der Waals surface area contributed by atoms with E-state index in [2.05, 4.69) is 56.6 Å². The Kier molecular flexibility index (Phi) is 3.69. The molecule has 1 saturated heterocycles. The van der Waals surface area contributed by atoms with Crippen molar-refractivity contribution in [2.45, 2.75) is 0 Å². The number of pyridine rings is 1. The molecule has 0 aliphatic carbocycles. The first-order chi connectivity index (χ1) is 9.86. The molecule has 2 aromatic rings. The van der Waals surface area contributed by atoms with Gasteiger partial charge < -0.3 is 15.2 Å². The van der Waals surface area contributed by atoms with Crippen LogP contribution in [0.25, 0.3) is 0 Å². The largest absolute Gasteiger partial charge is 0.368 e. The molecule has 2 heterocycles. The predicted molar refractivity (Wildman–Crippen MR) is 82.9 cm³/mol. The Bertz CT molecular complexity index is 532. The fourth-order valence-corrected chi connectivity index (χ4v) is 2.52. The molecule has 3 rings (SSSR count). The van der Waals surface area contributed by atoms with Crippen LogP contribution in [0.2, 0.25) is 0 Å². The van der Waals surface area contributed by atoms with Crippen molar-refractivity contribution in [1.29, 1.82) is 0 Å². The number of piperazine rings is 1. The van der Waals surface area contributed by atoms with Crippen LogP contribution < -0.4 is 21.1 Å². The Balaban J connectivity index is 1.63. The molecule has 0 radical (unpaired) electrons. The van der Waals surface area contributed by atoms with Gasteiger partial charge in [-0.25, -0.2) is 10.8 Å². The van der Waals surface area contributed by atoms with Crippen molar-refractivity contribution in [2.24, 2.45) is 5.84 Å². The molecule has 5 nitrogen and oxygen atoms in total. The lowest BCUT2D eigenvalue weighted by atomic mass is 10.2. The highest BCUT2D eigenvalue weighted by Crippen LogP contribution is 2.20. The molecule has 0 atom stereocenters. The maximum atomic E-state index is 5.33. The highest BCUT2D eigenvalue weighted by atomic mass is 15.3. The lowest BCUT2D eigenvalue weighted by Crippen LogP contribution is -2.46. The van der Waals surface area contributed by atoms with Crippen LogP contribution in [0.5, 0.6) is 0 Å². The number of aromatic nitrogens is 1. The number of rotatable bonds is 3. The molecule has 1 aromatic carbocycles. The van der Waals surface area contributed by atoms with Gasteiger partial charge in [-0.05, 0) is 24.3 Å². The second-order valence-electron chi connectivity index (χ2n) is 4.86. The summed E-state index contributed by atoms with van der Waals surface area (Å²) in [5.74, 6) is 6.02. The monoisotopic (exact) mass is 269 g/mol. The van der Waals surface area contributed by atoms with Gasteiger partial charge in [-0.15, -0.1) is 0 Å². The van der Waals surface area contributed by atoms with E-state index >= 15 is 0 Å². The zero-order valence-corrected chi connectivity index (χ0v) is 11.4. The Labute approximate surface area is 119 Å². The third-order valence-corrected chi connectivity index (χ3v) is 3.66. The Morgan fingerprint density at radius 2 is 1.50 bits per heavy atom. The van der Waals surface area contributed by atoms with Gasteiger partial charge >= 0.3 is 0 Å². The van der Waals surface area contributed by atoms with E-state index in [9.17, 15) is 0 Å². The first kappa shape index (κ1) is 12.7. The number of nitrogens with zero attached hydrogens (tertiary/aromatic N) is 3. The molecule has 1 aromatic heterocycles. The van der Waals surface area contributed by atoms with Gasteiger partial charge in [0.25, 0.3) is 0 Å². The van der Waals surface area contributed by atoms with E-state index in [0.717, 1.165) is 31.9 Å². The van der Waals surface area contributed by atoms with Gasteiger partial charge in [0.15, 0.2) is 0 Å². The molecule has 0 amide bonds. The van der Waals surface area contributed by atoms with Crippen molar-refractivity contribution >= 4 is 17.2 Å². The van der Waals surface area contributed by atoms with E-state index in [4.69, 9.17) is 5.84 Å². The second kappa shape index (κ2) is 5.79. The van der Waals surface area contributed by atoms with Crippen LogP contribution in [0.1, 0.15) is 0 Å². The zero-order valence-electron chi connectivity index (χ0n) is 11.4. The third kappa shape index (κ3) is 2.67. The molecule has 0 bridgehead atoms. The first-order valence-corrected chi connectivity index (χ1v) is 6.84. The van der Waals surface area contributed by atoms with Crippen LogP contribution in [0, 0.1) is 0 Å². The van der Waals surface area contributed by atoms with E-state index in [1.165, 1.54) is 5.69 Å². The van der Waals surface area contributed by atoms with Crippen molar-refractivity contribution in [3.63, 3.8) is 0 Å². The first-order valence-electron chi connectivity index (χ1n) is 6.84. The van der Waals surface area contributed by atoms with Gasteiger partial charge in [0.1, 0.15) is 5.82 Å².